The third-order valence-corrected chi connectivity index (χ3v) is 4.59. The number of rotatable bonds is 10. The lowest BCUT2D eigenvalue weighted by atomic mass is 10.1. The van der Waals surface area contributed by atoms with Crippen LogP contribution in [0, 0.1) is 6.92 Å². The van der Waals surface area contributed by atoms with E-state index in [9.17, 15) is 4.79 Å². The molecule has 2 heterocycles. The molecule has 2 aromatic heterocycles. The van der Waals surface area contributed by atoms with E-state index in [0.29, 0.717) is 19.8 Å². The first-order chi connectivity index (χ1) is 14.8. The Morgan fingerprint density at radius 2 is 2.06 bits per heavy atom. The summed E-state index contributed by atoms with van der Waals surface area (Å²) in [5, 5.41) is 19.6. The maximum absolute atomic E-state index is 11.8. The Labute approximate surface area is 180 Å². The van der Waals surface area contributed by atoms with Crippen LogP contribution in [0.2, 0.25) is 0 Å². The Morgan fingerprint density at radius 3 is 2.74 bits per heavy atom. The fourth-order valence-electron chi connectivity index (χ4n) is 3.01. The van der Waals surface area contributed by atoms with Gasteiger partial charge in [0.15, 0.2) is 11.5 Å². The molecule has 0 saturated heterocycles. The number of nitrogens with one attached hydrogen (secondary N) is 2. The number of benzene rings is 1. The van der Waals surface area contributed by atoms with Gasteiger partial charge in [-0.1, -0.05) is 0 Å². The zero-order valence-electron chi connectivity index (χ0n) is 18.2. The van der Waals surface area contributed by atoms with Crippen molar-refractivity contribution in [3.8, 4) is 0 Å². The second-order valence-corrected chi connectivity index (χ2v) is 7.56. The lowest BCUT2D eigenvalue weighted by Crippen LogP contribution is -2.34. The molecule has 3 rings (SSSR count). The van der Waals surface area contributed by atoms with Gasteiger partial charge in [-0.15, -0.1) is 10.2 Å². The number of hydrogen-bond acceptors (Lipinski definition) is 9. The van der Waals surface area contributed by atoms with Crippen LogP contribution in [0.3, 0.4) is 0 Å². The van der Waals surface area contributed by atoms with Crippen molar-refractivity contribution < 1.29 is 9.53 Å². The first-order valence-corrected chi connectivity index (χ1v) is 10.2. The Bertz CT molecular complexity index is 1060. The number of fused-ring (bicyclic) bond motifs is 1. The second-order valence-electron chi connectivity index (χ2n) is 7.56. The van der Waals surface area contributed by atoms with E-state index >= 15 is 0 Å². The molecule has 11 nitrogen and oxygen atoms in total. The minimum Gasteiger partial charge on any atom is -0.380 e. The molecule has 0 aliphatic carbocycles. The van der Waals surface area contributed by atoms with E-state index < -0.39 is 5.91 Å². The van der Waals surface area contributed by atoms with Crippen LogP contribution in [-0.2, 0) is 4.74 Å². The van der Waals surface area contributed by atoms with Crippen LogP contribution in [0.1, 0.15) is 42.9 Å². The van der Waals surface area contributed by atoms with Crippen LogP contribution in [0.4, 0.5) is 17.5 Å². The van der Waals surface area contributed by atoms with Gasteiger partial charge in [0, 0.05) is 42.5 Å². The van der Waals surface area contributed by atoms with Crippen LogP contribution in [-0.4, -0.2) is 56.7 Å². The van der Waals surface area contributed by atoms with Crippen molar-refractivity contribution in [1.82, 2.24) is 25.0 Å². The summed E-state index contributed by atoms with van der Waals surface area (Å²) in [4.78, 5) is 16.2. The van der Waals surface area contributed by atoms with Crippen molar-refractivity contribution >= 4 is 34.3 Å². The summed E-state index contributed by atoms with van der Waals surface area (Å²) in [6.07, 6.45) is 1.98. The number of anilines is 3. The van der Waals surface area contributed by atoms with Gasteiger partial charge in [0.05, 0.1) is 12.1 Å². The average Bonchev–Trinajstić information content (AvgIpc) is 3.16. The molecular weight excluding hydrogens is 398 g/mol. The van der Waals surface area contributed by atoms with Gasteiger partial charge in [-0.2, -0.15) is 10.1 Å². The number of carbonyl (C=O) groups is 1. The molecule has 0 aliphatic rings. The van der Waals surface area contributed by atoms with Crippen LogP contribution in [0.5, 0.6) is 0 Å². The third kappa shape index (κ3) is 5.44. The lowest BCUT2D eigenvalue weighted by molar-refractivity contribution is 0.0995. The first kappa shape index (κ1) is 22.4. The number of amides is 1. The number of carbonyl (C=O) groups excluding carboxylic acids is 1. The van der Waals surface area contributed by atoms with Gasteiger partial charge in [0.25, 0.3) is 5.91 Å². The van der Waals surface area contributed by atoms with Gasteiger partial charge in [-0.25, -0.2) is 0 Å². The highest BCUT2D eigenvalue weighted by Crippen LogP contribution is 2.26. The zero-order chi connectivity index (χ0) is 22.5. The second kappa shape index (κ2) is 9.67. The molecule has 0 aliphatic heterocycles. The summed E-state index contributed by atoms with van der Waals surface area (Å²) in [6, 6.07) is 3.88. The molecule has 0 bridgehead atoms. The maximum Gasteiger partial charge on any atom is 0.273 e. The molecule has 166 valence electrons. The lowest BCUT2D eigenvalue weighted by Gasteiger charge is -2.14. The van der Waals surface area contributed by atoms with E-state index in [1.165, 1.54) is 0 Å². The van der Waals surface area contributed by atoms with Crippen molar-refractivity contribution in [3.05, 3.63) is 29.6 Å². The average molecular weight is 428 g/mol. The van der Waals surface area contributed by atoms with E-state index in [1.807, 2.05) is 36.9 Å². The summed E-state index contributed by atoms with van der Waals surface area (Å²) in [5.41, 5.74) is 14.0. The standard InChI is InChI=1S/C20H29N9O2/c1-5-31-10-14(21)8-23-20-25-19(17(18(22)30)26-27-20)24-15-6-12(4)16-13(7-15)9-29(28-16)11(2)3/h6-7,9,11,14H,5,8,10,21H2,1-4H3,(H2,22,30)(H2,23,24,25,27)/t14-/m1/s1. The van der Waals surface area contributed by atoms with Crippen LogP contribution < -0.4 is 22.1 Å². The van der Waals surface area contributed by atoms with E-state index in [0.717, 1.165) is 22.2 Å². The molecule has 1 atom stereocenters. The molecule has 11 heteroatoms. The van der Waals surface area contributed by atoms with Gasteiger partial charge in [0.1, 0.15) is 0 Å². The minimum absolute atomic E-state index is 0.0557. The minimum atomic E-state index is -0.729. The summed E-state index contributed by atoms with van der Waals surface area (Å²) in [6.45, 7) is 9.40. The predicted octanol–water partition coefficient (Wildman–Crippen LogP) is 1.73. The maximum atomic E-state index is 11.8. The Morgan fingerprint density at radius 1 is 1.29 bits per heavy atom. The van der Waals surface area contributed by atoms with Crippen LogP contribution in [0.25, 0.3) is 10.9 Å². The first-order valence-electron chi connectivity index (χ1n) is 10.2. The topological polar surface area (TPSA) is 159 Å². The van der Waals surface area contributed by atoms with Crippen molar-refractivity contribution in [3.63, 3.8) is 0 Å². The Balaban J connectivity index is 1.86. The quantitative estimate of drug-likeness (QED) is 0.378. The molecule has 1 aromatic carbocycles. The number of aromatic nitrogens is 5. The highest BCUT2D eigenvalue weighted by Gasteiger charge is 2.16. The van der Waals surface area contributed by atoms with E-state index in [1.54, 1.807) is 0 Å². The summed E-state index contributed by atoms with van der Waals surface area (Å²) < 4.78 is 7.21. The number of nitrogens with two attached hydrogens (primary N) is 2. The van der Waals surface area contributed by atoms with Crippen molar-refractivity contribution in [1.29, 1.82) is 0 Å². The molecule has 0 spiro atoms. The van der Waals surface area contributed by atoms with Gasteiger partial charge < -0.3 is 26.8 Å². The zero-order valence-corrected chi connectivity index (χ0v) is 18.2. The molecule has 6 N–H and O–H groups in total. The molecule has 31 heavy (non-hydrogen) atoms. The highest BCUT2D eigenvalue weighted by atomic mass is 16.5. The van der Waals surface area contributed by atoms with Crippen molar-refractivity contribution in [2.24, 2.45) is 11.5 Å². The molecule has 1 amide bonds. The van der Waals surface area contributed by atoms with Gasteiger partial charge in [-0.3, -0.25) is 9.48 Å². The number of ether oxygens (including phenoxy) is 1. The summed E-state index contributed by atoms with van der Waals surface area (Å²) in [7, 11) is 0. The Hall–Kier alpha value is -3.31. The van der Waals surface area contributed by atoms with Crippen LogP contribution in [0.15, 0.2) is 18.3 Å². The van der Waals surface area contributed by atoms with Crippen molar-refractivity contribution in [2.75, 3.05) is 30.4 Å². The number of aryl methyl sites for hydroxylation is 1. The monoisotopic (exact) mass is 427 g/mol. The van der Waals surface area contributed by atoms with Gasteiger partial charge >= 0.3 is 0 Å². The summed E-state index contributed by atoms with van der Waals surface area (Å²) >= 11 is 0. The SMILES string of the molecule is CCOC[C@H](N)CNc1nnc(C(N)=O)c(Nc2cc(C)c3nn(C(C)C)cc3c2)n1. The molecule has 0 saturated carbocycles. The van der Waals surface area contributed by atoms with Gasteiger partial charge in [0.2, 0.25) is 5.95 Å². The number of hydrogen-bond donors (Lipinski definition) is 4. The highest BCUT2D eigenvalue weighted by molar-refractivity contribution is 5.96. The molecular formula is C20H29N9O2. The largest absolute Gasteiger partial charge is 0.380 e. The third-order valence-electron chi connectivity index (χ3n) is 4.59. The van der Waals surface area contributed by atoms with E-state index in [-0.39, 0.29) is 29.5 Å². The van der Waals surface area contributed by atoms with E-state index in [4.69, 9.17) is 16.2 Å². The molecule has 0 radical (unpaired) electrons. The van der Waals surface area contributed by atoms with Crippen molar-refractivity contribution in [2.45, 2.75) is 39.8 Å². The fourth-order valence-corrected chi connectivity index (χ4v) is 3.01. The normalized spacial score (nSPS) is 12.3. The fraction of sp³-hybridized carbons (Fsp3) is 0.450. The number of nitrogens with zero attached hydrogens (tertiary/aromatic N) is 5. The number of primary amides is 1. The molecule has 0 fully saturated rings. The molecule has 3 aromatic rings. The molecule has 0 unspecified atom stereocenters. The predicted molar refractivity (Wildman–Crippen MR) is 119 cm³/mol. The smallest absolute Gasteiger partial charge is 0.273 e. The van der Waals surface area contributed by atoms with Crippen LogP contribution >= 0.6 is 0 Å². The Kier molecular flexibility index (Phi) is 6.98. The summed E-state index contributed by atoms with van der Waals surface area (Å²) in [5.74, 6) is -0.296. The van der Waals surface area contributed by atoms with Gasteiger partial charge in [-0.05, 0) is 45.4 Å². The van der Waals surface area contributed by atoms with E-state index in [2.05, 4.69) is 44.8 Å².